The summed E-state index contributed by atoms with van der Waals surface area (Å²) in [6.45, 7) is 5.09. The largest absolute Gasteiger partial charge is 0.318 e. The fraction of sp³-hybridized carbons (Fsp3) is 0.571. The Morgan fingerprint density at radius 2 is 2.25 bits per heavy atom. The minimum absolute atomic E-state index is 0.0323. The van der Waals surface area contributed by atoms with Crippen LogP contribution in [0.4, 0.5) is 11.4 Å². The van der Waals surface area contributed by atoms with Crippen LogP contribution in [0.25, 0.3) is 0 Å². The van der Waals surface area contributed by atoms with Gasteiger partial charge in [0.15, 0.2) is 0 Å². The fourth-order valence-corrected chi connectivity index (χ4v) is 3.08. The molecule has 0 bridgehead atoms. The van der Waals surface area contributed by atoms with E-state index < -0.39 is 4.92 Å². The number of nitro groups is 1. The first-order chi connectivity index (χ1) is 9.58. The molecule has 1 aliphatic rings. The van der Waals surface area contributed by atoms with Crippen LogP contribution in [-0.2, 0) is 6.54 Å². The van der Waals surface area contributed by atoms with Gasteiger partial charge in [-0.05, 0) is 31.7 Å². The Morgan fingerprint density at radius 1 is 1.50 bits per heavy atom. The molecule has 1 fully saturated rings. The number of nitrogens with one attached hydrogen (secondary N) is 1. The van der Waals surface area contributed by atoms with E-state index in [0.29, 0.717) is 24.3 Å². The minimum atomic E-state index is -0.399. The molecule has 1 aliphatic heterocycles. The van der Waals surface area contributed by atoms with Crippen molar-refractivity contribution in [3.63, 3.8) is 0 Å². The van der Waals surface area contributed by atoms with E-state index >= 15 is 0 Å². The Kier molecular flexibility index (Phi) is 4.57. The number of likely N-dealkylation sites (tertiary alicyclic amines) is 1. The summed E-state index contributed by atoms with van der Waals surface area (Å²) in [6, 6.07) is 6.15. The van der Waals surface area contributed by atoms with E-state index in [1.807, 2.05) is 6.07 Å². The van der Waals surface area contributed by atoms with Crippen molar-refractivity contribution in [2.24, 2.45) is 5.84 Å². The monoisotopic (exact) mass is 278 g/mol. The van der Waals surface area contributed by atoms with E-state index in [4.69, 9.17) is 5.84 Å². The molecule has 0 amide bonds. The van der Waals surface area contributed by atoms with Crippen molar-refractivity contribution < 1.29 is 4.92 Å². The van der Waals surface area contributed by atoms with Gasteiger partial charge in [-0.1, -0.05) is 19.1 Å². The molecular weight excluding hydrogens is 256 g/mol. The van der Waals surface area contributed by atoms with Crippen molar-refractivity contribution in [1.82, 2.24) is 4.90 Å². The molecule has 2 unspecified atom stereocenters. The van der Waals surface area contributed by atoms with E-state index in [1.165, 1.54) is 18.9 Å². The number of anilines is 1. The van der Waals surface area contributed by atoms with E-state index in [-0.39, 0.29) is 5.69 Å². The summed E-state index contributed by atoms with van der Waals surface area (Å²) in [5.41, 5.74) is 3.84. The van der Waals surface area contributed by atoms with Crippen molar-refractivity contribution in [3.05, 3.63) is 33.9 Å². The number of benzene rings is 1. The highest BCUT2D eigenvalue weighted by Gasteiger charge is 2.30. The molecule has 0 aromatic heterocycles. The predicted octanol–water partition coefficient (Wildman–Crippen LogP) is 2.64. The van der Waals surface area contributed by atoms with Gasteiger partial charge in [-0.25, -0.2) is 0 Å². The highest BCUT2D eigenvalue weighted by atomic mass is 16.6. The van der Waals surface area contributed by atoms with E-state index in [9.17, 15) is 10.1 Å². The van der Waals surface area contributed by atoms with Gasteiger partial charge in [-0.15, -0.1) is 0 Å². The van der Waals surface area contributed by atoms with Crippen molar-refractivity contribution in [1.29, 1.82) is 0 Å². The fourth-order valence-electron chi connectivity index (χ4n) is 3.08. The Balaban J connectivity index is 2.29. The number of nitro benzene ring substituents is 1. The van der Waals surface area contributed by atoms with Crippen LogP contribution >= 0.6 is 0 Å². The number of hydrazine groups is 1. The third-order valence-electron chi connectivity index (χ3n) is 4.25. The lowest BCUT2D eigenvalue weighted by molar-refractivity contribution is -0.384. The van der Waals surface area contributed by atoms with Crippen LogP contribution < -0.4 is 11.3 Å². The second-order valence-corrected chi connectivity index (χ2v) is 5.37. The number of nitrogens with zero attached hydrogens (tertiary/aromatic N) is 2. The van der Waals surface area contributed by atoms with Crippen LogP contribution in [0.1, 0.15) is 38.7 Å². The van der Waals surface area contributed by atoms with Gasteiger partial charge in [0.2, 0.25) is 0 Å². The molecule has 3 N–H and O–H groups in total. The second-order valence-electron chi connectivity index (χ2n) is 5.37. The van der Waals surface area contributed by atoms with Gasteiger partial charge in [-0.2, -0.15) is 0 Å². The van der Waals surface area contributed by atoms with Crippen LogP contribution in [0.3, 0.4) is 0 Å². The molecule has 6 heteroatoms. The Hall–Kier alpha value is -1.66. The lowest BCUT2D eigenvalue weighted by atomic mass is 10.1. The summed E-state index contributed by atoms with van der Waals surface area (Å²) in [4.78, 5) is 13.1. The summed E-state index contributed by atoms with van der Waals surface area (Å²) in [5.74, 6) is 5.49. The Labute approximate surface area is 119 Å². The van der Waals surface area contributed by atoms with Gasteiger partial charge in [0.1, 0.15) is 5.69 Å². The summed E-state index contributed by atoms with van der Waals surface area (Å²) in [6.07, 6.45) is 3.47. The molecule has 110 valence electrons. The highest BCUT2D eigenvalue weighted by Crippen LogP contribution is 2.33. The average molecular weight is 278 g/mol. The first-order valence-electron chi connectivity index (χ1n) is 7.07. The smallest absolute Gasteiger partial charge is 0.293 e. The topological polar surface area (TPSA) is 84.4 Å². The molecule has 1 saturated heterocycles. The molecule has 20 heavy (non-hydrogen) atoms. The zero-order valence-corrected chi connectivity index (χ0v) is 12.0. The van der Waals surface area contributed by atoms with E-state index in [0.717, 1.165) is 12.0 Å². The molecule has 2 rings (SSSR count). The quantitative estimate of drug-likeness (QED) is 0.491. The number of hydrogen-bond acceptors (Lipinski definition) is 5. The van der Waals surface area contributed by atoms with Crippen LogP contribution in [0, 0.1) is 10.1 Å². The zero-order valence-electron chi connectivity index (χ0n) is 12.0. The van der Waals surface area contributed by atoms with Crippen molar-refractivity contribution >= 4 is 11.4 Å². The molecule has 0 saturated carbocycles. The Bertz CT molecular complexity index is 492. The number of nitrogen functional groups attached to an aromatic ring is 1. The molecular formula is C14H22N4O2. The lowest BCUT2D eigenvalue weighted by Crippen LogP contribution is -2.34. The molecule has 1 aromatic carbocycles. The standard InChI is InChI=1S/C14H22N4O2/c1-3-12-8-7-10(2)17(12)9-11-5-4-6-13(18(19)20)14(11)16-15/h4-6,10,12,16H,3,7-9,15H2,1-2H3. The predicted molar refractivity (Wildman–Crippen MR) is 79.2 cm³/mol. The van der Waals surface area contributed by atoms with Crippen LogP contribution in [0.15, 0.2) is 18.2 Å². The molecule has 2 atom stereocenters. The average Bonchev–Trinajstić information content (AvgIpc) is 2.79. The summed E-state index contributed by atoms with van der Waals surface area (Å²) < 4.78 is 0. The van der Waals surface area contributed by atoms with Crippen LogP contribution in [0.2, 0.25) is 0 Å². The van der Waals surface area contributed by atoms with Crippen LogP contribution in [0.5, 0.6) is 0 Å². The molecule has 1 heterocycles. The van der Waals surface area contributed by atoms with E-state index in [1.54, 1.807) is 6.07 Å². The second kappa shape index (κ2) is 6.19. The maximum absolute atomic E-state index is 11.1. The maximum atomic E-state index is 11.1. The zero-order chi connectivity index (χ0) is 14.7. The molecule has 1 aromatic rings. The number of rotatable bonds is 5. The van der Waals surface area contributed by atoms with E-state index in [2.05, 4.69) is 24.2 Å². The van der Waals surface area contributed by atoms with Crippen molar-refractivity contribution in [3.8, 4) is 0 Å². The third kappa shape index (κ3) is 2.76. The number of nitrogens with two attached hydrogens (primary N) is 1. The lowest BCUT2D eigenvalue weighted by Gasteiger charge is -2.28. The molecule has 0 aliphatic carbocycles. The maximum Gasteiger partial charge on any atom is 0.293 e. The summed E-state index contributed by atoms with van der Waals surface area (Å²) in [7, 11) is 0. The molecule has 6 nitrogen and oxygen atoms in total. The Morgan fingerprint density at radius 3 is 2.85 bits per heavy atom. The van der Waals surface area contributed by atoms with Crippen molar-refractivity contribution in [2.45, 2.75) is 51.7 Å². The van der Waals surface area contributed by atoms with Gasteiger partial charge in [0.25, 0.3) is 5.69 Å². The van der Waals surface area contributed by atoms with Crippen molar-refractivity contribution in [2.75, 3.05) is 5.43 Å². The van der Waals surface area contributed by atoms with Crippen LogP contribution in [-0.4, -0.2) is 21.9 Å². The highest BCUT2D eigenvalue weighted by molar-refractivity contribution is 5.65. The first kappa shape index (κ1) is 14.7. The molecule has 0 spiro atoms. The van der Waals surface area contributed by atoms with Gasteiger partial charge >= 0.3 is 0 Å². The number of para-hydroxylation sites is 1. The van der Waals surface area contributed by atoms with Gasteiger partial charge in [0, 0.05) is 24.7 Å². The summed E-state index contributed by atoms with van der Waals surface area (Å²) >= 11 is 0. The third-order valence-corrected chi connectivity index (χ3v) is 4.25. The number of hydrogen-bond donors (Lipinski definition) is 2. The van der Waals surface area contributed by atoms with Gasteiger partial charge < -0.3 is 5.43 Å². The van der Waals surface area contributed by atoms with Gasteiger partial charge in [-0.3, -0.25) is 20.9 Å². The minimum Gasteiger partial charge on any atom is -0.318 e. The summed E-state index contributed by atoms with van der Waals surface area (Å²) in [5, 5.41) is 11.1. The molecule has 0 radical (unpaired) electrons. The van der Waals surface area contributed by atoms with Gasteiger partial charge in [0.05, 0.1) is 4.92 Å². The SMILES string of the molecule is CCC1CCC(C)N1Cc1cccc([N+](=O)[O-])c1NN. The normalized spacial score (nSPS) is 22.9. The first-order valence-corrected chi connectivity index (χ1v) is 7.07.